The Bertz CT molecular complexity index is 578. The fourth-order valence-corrected chi connectivity index (χ4v) is 2.52. The Hall–Kier alpha value is -1.09. The Balaban J connectivity index is 2.25. The SMILES string of the molecule is Cc1cc(C(N)Cc2c(Cl)cccc2Cl)ccc1F. The molecule has 0 fully saturated rings. The second-order valence-electron chi connectivity index (χ2n) is 4.52. The number of rotatable bonds is 3. The molecule has 1 atom stereocenters. The number of halogens is 3. The molecule has 0 spiro atoms. The Labute approximate surface area is 122 Å². The van der Waals surface area contributed by atoms with Gasteiger partial charge in [-0.25, -0.2) is 4.39 Å². The third-order valence-corrected chi connectivity index (χ3v) is 3.80. The average molecular weight is 298 g/mol. The van der Waals surface area contributed by atoms with Crippen LogP contribution in [-0.4, -0.2) is 0 Å². The minimum absolute atomic E-state index is 0.230. The van der Waals surface area contributed by atoms with Crippen molar-refractivity contribution in [3.63, 3.8) is 0 Å². The van der Waals surface area contributed by atoms with Crippen molar-refractivity contribution in [1.82, 2.24) is 0 Å². The molecular weight excluding hydrogens is 284 g/mol. The van der Waals surface area contributed by atoms with Crippen molar-refractivity contribution < 1.29 is 4.39 Å². The molecule has 0 aliphatic carbocycles. The van der Waals surface area contributed by atoms with Crippen molar-refractivity contribution in [3.8, 4) is 0 Å². The monoisotopic (exact) mass is 297 g/mol. The van der Waals surface area contributed by atoms with Crippen LogP contribution < -0.4 is 5.73 Å². The van der Waals surface area contributed by atoms with Gasteiger partial charge in [0.25, 0.3) is 0 Å². The van der Waals surface area contributed by atoms with E-state index in [0.717, 1.165) is 11.1 Å². The predicted molar refractivity (Wildman–Crippen MR) is 78.2 cm³/mol. The molecular formula is C15H14Cl2FN. The number of benzene rings is 2. The van der Waals surface area contributed by atoms with Gasteiger partial charge in [-0.1, -0.05) is 41.4 Å². The molecule has 4 heteroatoms. The predicted octanol–water partition coefficient (Wildman–Crippen LogP) is 4.68. The van der Waals surface area contributed by atoms with Gasteiger partial charge in [0.1, 0.15) is 5.82 Å². The van der Waals surface area contributed by atoms with Gasteiger partial charge in [-0.05, 0) is 48.2 Å². The molecule has 0 heterocycles. The zero-order valence-electron chi connectivity index (χ0n) is 10.5. The summed E-state index contributed by atoms with van der Waals surface area (Å²) in [6.45, 7) is 1.72. The second-order valence-corrected chi connectivity index (χ2v) is 5.33. The van der Waals surface area contributed by atoms with E-state index in [0.29, 0.717) is 22.0 Å². The Morgan fingerprint density at radius 2 is 1.79 bits per heavy atom. The van der Waals surface area contributed by atoms with Crippen molar-refractivity contribution in [2.45, 2.75) is 19.4 Å². The van der Waals surface area contributed by atoms with E-state index in [2.05, 4.69) is 0 Å². The summed E-state index contributed by atoms with van der Waals surface area (Å²) in [4.78, 5) is 0. The quantitative estimate of drug-likeness (QED) is 0.874. The lowest BCUT2D eigenvalue weighted by molar-refractivity contribution is 0.615. The van der Waals surface area contributed by atoms with Crippen LogP contribution in [0.4, 0.5) is 4.39 Å². The van der Waals surface area contributed by atoms with E-state index in [-0.39, 0.29) is 11.9 Å². The molecule has 0 saturated carbocycles. The first kappa shape index (κ1) is 14.3. The van der Waals surface area contributed by atoms with Gasteiger partial charge in [-0.2, -0.15) is 0 Å². The molecule has 2 N–H and O–H groups in total. The molecule has 2 rings (SSSR count). The summed E-state index contributed by atoms with van der Waals surface area (Å²) in [6.07, 6.45) is 0.517. The molecule has 19 heavy (non-hydrogen) atoms. The van der Waals surface area contributed by atoms with Gasteiger partial charge in [0, 0.05) is 16.1 Å². The third-order valence-electron chi connectivity index (χ3n) is 3.10. The molecule has 0 amide bonds. The van der Waals surface area contributed by atoms with Crippen LogP contribution in [0, 0.1) is 12.7 Å². The van der Waals surface area contributed by atoms with Crippen LogP contribution >= 0.6 is 23.2 Å². The van der Waals surface area contributed by atoms with Crippen molar-refractivity contribution in [2.24, 2.45) is 5.73 Å². The summed E-state index contributed by atoms with van der Waals surface area (Å²) in [5.74, 6) is -0.230. The topological polar surface area (TPSA) is 26.0 Å². The molecule has 0 aromatic heterocycles. The van der Waals surface area contributed by atoms with Crippen LogP contribution in [0.15, 0.2) is 36.4 Å². The van der Waals surface area contributed by atoms with Gasteiger partial charge < -0.3 is 5.73 Å². The van der Waals surface area contributed by atoms with E-state index < -0.39 is 0 Å². The van der Waals surface area contributed by atoms with Gasteiger partial charge >= 0.3 is 0 Å². The van der Waals surface area contributed by atoms with Crippen LogP contribution in [0.1, 0.15) is 22.7 Å². The fourth-order valence-electron chi connectivity index (χ4n) is 1.96. The number of nitrogens with two attached hydrogens (primary N) is 1. The zero-order valence-corrected chi connectivity index (χ0v) is 12.0. The lowest BCUT2D eigenvalue weighted by Gasteiger charge is -2.15. The molecule has 100 valence electrons. The van der Waals surface area contributed by atoms with Crippen LogP contribution in [0.2, 0.25) is 10.0 Å². The summed E-state index contributed by atoms with van der Waals surface area (Å²) in [5, 5.41) is 1.20. The van der Waals surface area contributed by atoms with Gasteiger partial charge in [-0.3, -0.25) is 0 Å². The molecule has 1 nitrogen and oxygen atoms in total. The highest BCUT2D eigenvalue weighted by atomic mass is 35.5. The third kappa shape index (κ3) is 3.27. The highest BCUT2D eigenvalue weighted by Crippen LogP contribution is 2.28. The van der Waals surface area contributed by atoms with E-state index in [9.17, 15) is 4.39 Å². The van der Waals surface area contributed by atoms with Crippen molar-refractivity contribution in [2.75, 3.05) is 0 Å². The highest BCUT2D eigenvalue weighted by molar-refractivity contribution is 6.36. The fraction of sp³-hybridized carbons (Fsp3) is 0.200. The van der Waals surface area contributed by atoms with Crippen molar-refractivity contribution in [3.05, 3.63) is 69.0 Å². The number of hydrogen-bond donors (Lipinski definition) is 1. The van der Waals surface area contributed by atoms with E-state index in [1.165, 1.54) is 6.07 Å². The van der Waals surface area contributed by atoms with Gasteiger partial charge in [0.2, 0.25) is 0 Å². The van der Waals surface area contributed by atoms with Gasteiger partial charge in [0.15, 0.2) is 0 Å². The normalized spacial score (nSPS) is 12.5. The van der Waals surface area contributed by atoms with E-state index >= 15 is 0 Å². The zero-order chi connectivity index (χ0) is 14.0. The molecule has 0 aliphatic heterocycles. The Morgan fingerprint density at radius 1 is 1.16 bits per heavy atom. The molecule has 0 aliphatic rings. The first-order chi connectivity index (χ1) is 8.99. The maximum atomic E-state index is 13.2. The minimum Gasteiger partial charge on any atom is -0.324 e. The van der Waals surface area contributed by atoms with Gasteiger partial charge in [0.05, 0.1) is 0 Å². The standard InChI is InChI=1S/C15H14Cl2FN/c1-9-7-10(5-6-14(9)18)15(19)8-11-12(16)3-2-4-13(11)17/h2-7,15H,8,19H2,1H3. The summed E-state index contributed by atoms with van der Waals surface area (Å²) in [6, 6.07) is 9.97. The van der Waals surface area contributed by atoms with E-state index in [4.69, 9.17) is 28.9 Å². The molecule has 0 bridgehead atoms. The number of aryl methyl sites for hydroxylation is 1. The lowest BCUT2D eigenvalue weighted by Crippen LogP contribution is -2.14. The van der Waals surface area contributed by atoms with E-state index in [1.807, 2.05) is 0 Å². The summed E-state index contributed by atoms with van der Waals surface area (Å²) in [7, 11) is 0. The van der Waals surface area contributed by atoms with Crippen LogP contribution in [-0.2, 0) is 6.42 Å². The molecule has 0 saturated heterocycles. The maximum Gasteiger partial charge on any atom is 0.126 e. The summed E-state index contributed by atoms with van der Waals surface area (Å²) < 4.78 is 13.2. The molecule has 2 aromatic rings. The first-order valence-corrected chi connectivity index (χ1v) is 6.69. The Kier molecular flexibility index (Phi) is 4.46. The smallest absolute Gasteiger partial charge is 0.126 e. The highest BCUT2D eigenvalue weighted by Gasteiger charge is 2.13. The summed E-state index contributed by atoms with van der Waals surface area (Å²) >= 11 is 12.2. The molecule has 2 aromatic carbocycles. The van der Waals surface area contributed by atoms with Gasteiger partial charge in [-0.15, -0.1) is 0 Å². The summed E-state index contributed by atoms with van der Waals surface area (Å²) in [5.41, 5.74) is 8.42. The largest absolute Gasteiger partial charge is 0.324 e. The molecule has 0 radical (unpaired) electrons. The molecule has 1 unspecified atom stereocenters. The van der Waals surface area contributed by atoms with Crippen LogP contribution in [0.5, 0.6) is 0 Å². The van der Waals surface area contributed by atoms with Crippen LogP contribution in [0.25, 0.3) is 0 Å². The lowest BCUT2D eigenvalue weighted by atomic mass is 9.98. The van der Waals surface area contributed by atoms with E-state index in [1.54, 1.807) is 37.3 Å². The average Bonchev–Trinajstić information content (AvgIpc) is 2.37. The number of hydrogen-bond acceptors (Lipinski definition) is 1. The van der Waals surface area contributed by atoms with Crippen molar-refractivity contribution in [1.29, 1.82) is 0 Å². The van der Waals surface area contributed by atoms with Crippen LogP contribution in [0.3, 0.4) is 0 Å². The second kappa shape index (κ2) is 5.91. The maximum absolute atomic E-state index is 13.2. The van der Waals surface area contributed by atoms with Crippen molar-refractivity contribution >= 4 is 23.2 Å². The first-order valence-electron chi connectivity index (χ1n) is 5.93. The minimum atomic E-state index is -0.267. The Morgan fingerprint density at radius 3 is 2.37 bits per heavy atom.